The van der Waals surface area contributed by atoms with Gasteiger partial charge in [-0.2, -0.15) is 0 Å². The van der Waals surface area contributed by atoms with Crippen LogP contribution in [-0.4, -0.2) is 18.9 Å². The third-order valence-corrected chi connectivity index (χ3v) is 3.54. The van der Waals surface area contributed by atoms with Crippen molar-refractivity contribution in [3.63, 3.8) is 0 Å². The van der Waals surface area contributed by atoms with E-state index in [2.05, 4.69) is 0 Å². The van der Waals surface area contributed by atoms with Gasteiger partial charge in [0.1, 0.15) is 5.75 Å². The highest BCUT2D eigenvalue weighted by Crippen LogP contribution is 2.28. The number of carbonyl (C=O) groups is 2. The minimum Gasteiger partial charge on any atom is -0.497 e. The van der Waals surface area contributed by atoms with Crippen molar-refractivity contribution in [1.82, 2.24) is 0 Å². The summed E-state index contributed by atoms with van der Waals surface area (Å²) in [4.78, 5) is 25.9. The van der Waals surface area contributed by atoms with Crippen LogP contribution in [0.1, 0.15) is 12.0 Å². The Balaban J connectivity index is 1.89. The Morgan fingerprint density at radius 1 is 1.00 bits per heavy atom. The first kappa shape index (κ1) is 14.1. The Labute approximate surface area is 128 Å². The lowest BCUT2D eigenvalue weighted by Crippen LogP contribution is -2.28. The van der Waals surface area contributed by atoms with E-state index in [1.165, 1.54) is 4.90 Å². The van der Waals surface area contributed by atoms with Crippen LogP contribution < -0.4 is 9.64 Å². The van der Waals surface area contributed by atoms with Crippen molar-refractivity contribution in [2.75, 3.05) is 12.0 Å². The quantitative estimate of drug-likeness (QED) is 0.645. The third-order valence-electron chi connectivity index (χ3n) is 3.54. The largest absolute Gasteiger partial charge is 0.497 e. The molecule has 0 atom stereocenters. The van der Waals surface area contributed by atoms with E-state index in [4.69, 9.17) is 4.74 Å². The summed E-state index contributed by atoms with van der Waals surface area (Å²) >= 11 is 0. The van der Waals surface area contributed by atoms with E-state index in [1.807, 2.05) is 30.3 Å². The first-order chi connectivity index (χ1) is 10.7. The van der Waals surface area contributed by atoms with Crippen molar-refractivity contribution >= 4 is 23.6 Å². The van der Waals surface area contributed by atoms with Crippen molar-refractivity contribution in [2.45, 2.75) is 6.42 Å². The summed E-state index contributed by atoms with van der Waals surface area (Å²) in [5, 5.41) is 0. The normalized spacial score (nSPS) is 16.4. The summed E-state index contributed by atoms with van der Waals surface area (Å²) < 4.78 is 5.09. The van der Waals surface area contributed by atoms with Gasteiger partial charge in [0.25, 0.3) is 5.91 Å². The molecule has 0 radical (unpaired) electrons. The second-order valence-corrected chi connectivity index (χ2v) is 4.99. The molecule has 0 bridgehead atoms. The molecule has 0 saturated carbocycles. The van der Waals surface area contributed by atoms with E-state index in [-0.39, 0.29) is 18.2 Å². The lowest BCUT2D eigenvalue weighted by Gasteiger charge is -2.13. The maximum absolute atomic E-state index is 12.5. The fraction of sp³-hybridized carbons (Fsp3) is 0.111. The van der Waals surface area contributed by atoms with Crippen LogP contribution in [0.3, 0.4) is 0 Å². The van der Waals surface area contributed by atoms with Gasteiger partial charge in [0.15, 0.2) is 0 Å². The molecule has 0 spiro atoms. The van der Waals surface area contributed by atoms with Crippen LogP contribution in [0.15, 0.2) is 60.2 Å². The number of hydrogen-bond donors (Lipinski definition) is 0. The summed E-state index contributed by atoms with van der Waals surface area (Å²) in [5.74, 6) is 0.208. The standard InChI is InChI=1S/C18H15NO3/c1-22-16-9-7-15(8-10-16)19-17(20)12-14(18(19)21)11-13-5-3-2-4-6-13/h2-11H,12H2,1H3/b14-11+. The molecule has 1 aliphatic rings. The van der Waals surface area contributed by atoms with Gasteiger partial charge in [0.05, 0.1) is 19.2 Å². The lowest BCUT2D eigenvalue weighted by atomic mass is 10.1. The summed E-state index contributed by atoms with van der Waals surface area (Å²) in [6.07, 6.45) is 1.89. The molecule has 0 N–H and O–H groups in total. The number of rotatable bonds is 3. The summed E-state index contributed by atoms with van der Waals surface area (Å²) in [5.41, 5.74) is 1.98. The van der Waals surface area contributed by atoms with Crippen molar-refractivity contribution in [2.24, 2.45) is 0 Å². The van der Waals surface area contributed by atoms with E-state index < -0.39 is 0 Å². The Morgan fingerprint density at radius 2 is 1.68 bits per heavy atom. The molecule has 1 aliphatic heterocycles. The molecule has 1 saturated heterocycles. The minimum atomic E-state index is -0.265. The lowest BCUT2D eigenvalue weighted by molar-refractivity contribution is -0.120. The summed E-state index contributed by atoms with van der Waals surface area (Å²) in [7, 11) is 1.57. The zero-order valence-electron chi connectivity index (χ0n) is 12.2. The highest BCUT2D eigenvalue weighted by Gasteiger charge is 2.34. The van der Waals surface area contributed by atoms with E-state index >= 15 is 0 Å². The molecule has 0 aromatic heterocycles. The minimum absolute atomic E-state index is 0.125. The number of anilines is 1. The molecule has 4 heteroatoms. The van der Waals surface area contributed by atoms with E-state index in [0.717, 1.165) is 5.56 Å². The van der Waals surface area contributed by atoms with Gasteiger partial charge in [-0.3, -0.25) is 9.59 Å². The first-order valence-electron chi connectivity index (χ1n) is 6.96. The van der Waals surface area contributed by atoms with Crippen LogP contribution in [-0.2, 0) is 9.59 Å². The molecular weight excluding hydrogens is 278 g/mol. The van der Waals surface area contributed by atoms with Crippen LogP contribution in [0.2, 0.25) is 0 Å². The van der Waals surface area contributed by atoms with E-state index in [9.17, 15) is 9.59 Å². The van der Waals surface area contributed by atoms with Gasteiger partial charge >= 0.3 is 0 Å². The highest BCUT2D eigenvalue weighted by atomic mass is 16.5. The number of benzene rings is 2. The SMILES string of the molecule is COc1ccc(N2C(=O)C/C(=C\c3ccccc3)C2=O)cc1. The Morgan fingerprint density at radius 3 is 2.32 bits per heavy atom. The summed E-state index contributed by atoms with van der Waals surface area (Å²) in [6, 6.07) is 16.4. The molecule has 4 nitrogen and oxygen atoms in total. The van der Waals surface area contributed by atoms with Crippen molar-refractivity contribution in [3.05, 3.63) is 65.7 Å². The van der Waals surface area contributed by atoms with Crippen molar-refractivity contribution in [3.8, 4) is 5.75 Å². The predicted molar refractivity (Wildman–Crippen MR) is 84.5 cm³/mol. The third kappa shape index (κ3) is 2.63. The average molecular weight is 293 g/mol. The van der Waals surface area contributed by atoms with Crippen LogP contribution in [0.25, 0.3) is 6.08 Å². The molecule has 3 rings (SSSR count). The van der Waals surface area contributed by atoms with Gasteiger partial charge in [-0.1, -0.05) is 30.3 Å². The maximum atomic E-state index is 12.5. The van der Waals surface area contributed by atoms with Crippen LogP contribution >= 0.6 is 0 Å². The molecule has 2 aromatic rings. The smallest absolute Gasteiger partial charge is 0.261 e. The van der Waals surface area contributed by atoms with Gasteiger partial charge in [-0.15, -0.1) is 0 Å². The molecule has 1 heterocycles. The van der Waals surface area contributed by atoms with Gasteiger partial charge < -0.3 is 4.74 Å². The number of carbonyl (C=O) groups excluding carboxylic acids is 2. The second-order valence-electron chi connectivity index (χ2n) is 4.99. The number of amides is 2. The van der Waals surface area contributed by atoms with Crippen LogP contribution in [0, 0.1) is 0 Å². The number of hydrogen-bond acceptors (Lipinski definition) is 3. The van der Waals surface area contributed by atoms with Gasteiger partial charge in [-0.25, -0.2) is 4.90 Å². The summed E-state index contributed by atoms with van der Waals surface area (Å²) in [6.45, 7) is 0. The number of imide groups is 1. The van der Waals surface area contributed by atoms with Gasteiger partial charge in [-0.05, 0) is 35.9 Å². The highest BCUT2D eigenvalue weighted by molar-refractivity contribution is 6.29. The first-order valence-corrected chi connectivity index (χ1v) is 6.96. The fourth-order valence-electron chi connectivity index (χ4n) is 2.43. The molecule has 110 valence electrons. The predicted octanol–water partition coefficient (Wildman–Crippen LogP) is 3.04. The number of methoxy groups -OCH3 is 1. The molecule has 0 unspecified atom stereocenters. The number of nitrogens with zero attached hydrogens (tertiary/aromatic N) is 1. The van der Waals surface area contributed by atoms with E-state index in [1.54, 1.807) is 37.5 Å². The average Bonchev–Trinajstić information content (AvgIpc) is 2.82. The molecular formula is C18H15NO3. The second kappa shape index (κ2) is 5.85. The zero-order chi connectivity index (χ0) is 15.5. The molecule has 2 aromatic carbocycles. The van der Waals surface area contributed by atoms with Crippen molar-refractivity contribution in [1.29, 1.82) is 0 Å². The Hall–Kier alpha value is -2.88. The van der Waals surface area contributed by atoms with Crippen LogP contribution in [0.4, 0.5) is 5.69 Å². The van der Waals surface area contributed by atoms with Crippen molar-refractivity contribution < 1.29 is 14.3 Å². The monoisotopic (exact) mass is 293 g/mol. The zero-order valence-corrected chi connectivity index (χ0v) is 12.2. The fourth-order valence-corrected chi connectivity index (χ4v) is 2.43. The Bertz CT molecular complexity index is 733. The molecule has 2 amide bonds. The van der Waals surface area contributed by atoms with Crippen LogP contribution in [0.5, 0.6) is 5.75 Å². The molecule has 1 fully saturated rings. The molecule has 0 aliphatic carbocycles. The topological polar surface area (TPSA) is 46.6 Å². The molecule has 22 heavy (non-hydrogen) atoms. The van der Waals surface area contributed by atoms with Gasteiger partial charge in [0, 0.05) is 5.57 Å². The van der Waals surface area contributed by atoms with E-state index in [0.29, 0.717) is 17.0 Å². The maximum Gasteiger partial charge on any atom is 0.261 e. The van der Waals surface area contributed by atoms with Gasteiger partial charge in [0.2, 0.25) is 5.91 Å². The number of ether oxygens (including phenoxy) is 1. The Kier molecular flexibility index (Phi) is 3.74.